The Morgan fingerprint density at radius 1 is 0.970 bits per heavy atom. The predicted molar refractivity (Wildman–Crippen MR) is 118 cm³/mol. The monoisotopic (exact) mass is 456 g/mol. The molecule has 3 aromatic rings. The number of alkyl carbamates (subject to hydrolysis) is 1. The van der Waals surface area contributed by atoms with Gasteiger partial charge in [0.1, 0.15) is 24.7 Å². The van der Waals surface area contributed by atoms with Crippen molar-refractivity contribution in [1.29, 1.82) is 0 Å². The van der Waals surface area contributed by atoms with Crippen molar-refractivity contribution in [3.8, 4) is 22.6 Å². The summed E-state index contributed by atoms with van der Waals surface area (Å²) in [5.74, 6) is 0.0374. The molecule has 0 aromatic heterocycles. The molecule has 0 aliphatic heterocycles. The SMILES string of the molecule is COc1ccc(-c2cc(NC(=O)CNC(=O)OCc3ccccc3)ccc2OC(F)F)cc1. The fraction of sp³-hybridized carbons (Fsp3) is 0.167. The molecule has 0 aliphatic rings. The van der Waals surface area contributed by atoms with Crippen molar-refractivity contribution in [2.75, 3.05) is 19.0 Å². The third-order valence-electron chi connectivity index (χ3n) is 4.49. The summed E-state index contributed by atoms with van der Waals surface area (Å²) in [4.78, 5) is 24.0. The predicted octanol–water partition coefficient (Wildman–Crippen LogP) is 4.83. The third kappa shape index (κ3) is 7.20. The highest BCUT2D eigenvalue weighted by Gasteiger charge is 2.14. The highest BCUT2D eigenvalue weighted by Crippen LogP contribution is 2.34. The molecule has 0 spiro atoms. The standard InChI is InChI=1S/C24H22F2N2O5/c1-31-19-10-7-17(8-11-19)20-13-18(9-12-21(20)33-23(25)26)28-22(29)14-27-24(30)32-15-16-5-3-2-4-6-16/h2-13,23H,14-15H2,1H3,(H,27,30)(H,28,29). The van der Waals surface area contributed by atoms with Crippen molar-refractivity contribution in [2.45, 2.75) is 13.2 Å². The Morgan fingerprint density at radius 2 is 1.70 bits per heavy atom. The van der Waals surface area contributed by atoms with Gasteiger partial charge in [-0.25, -0.2) is 4.79 Å². The molecule has 0 fully saturated rings. The molecule has 0 heterocycles. The van der Waals surface area contributed by atoms with Crippen LogP contribution < -0.4 is 20.1 Å². The summed E-state index contributed by atoms with van der Waals surface area (Å²) in [5, 5.41) is 4.97. The van der Waals surface area contributed by atoms with E-state index in [-0.39, 0.29) is 18.9 Å². The molecule has 9 heteroatoms. The van der Waals surface area contributed by atoms with Gasteiger partial charge in [0, 0.05) is 11.3 Å². The van der Waals surface area contributed by atoms with Gasteiger partial charge in [0.2, 0.25) is 5.91 Å². The van der Waals surface area contributed by atoms with Crippen LogP contribution in [0.5, 0.6) is 11.5 Å². The van der Waals surface area contributed by atoms with E-state index >= 15 is 0 Å². The van der Waals surface area contributed by atoms with Crippen LogP contribution in [0, 0.1) is 0 Å². The third-order valence-corrected chi connectivity index (χ3v) is 4.49. The molecule has 3 rings (SSSR count). The molecular formula is C24H22F2N2O5. The van der Waals surface area contributed by atoms with Crippen molar-refractivity contribution < 1.29 is 32.6 Å². The number of hydrogen-bond acceptors (Lipinski definition) is 5. The van der Waals surface area contributed by atoms with Crippen LogP contribution >= 0.6 is 0 Å². The summed E-state index contributed by atoms with van der Waals surface area (Å²) in [6.07, 6.45) is -0.742. The molecule has 0 unspecified atom stereocenters. The Kier molecular flexibility index (Phi) is 8.18. The van der Waals surface area contributed by atoms with E-state index in [4.69, 9.17) is 9.47 Å². The van der Waals surface area contributed by atoms with Gasteiger partial charge in [-0.15, -0.1) is 0 Å². The van der Waals surface area contributed by atoms with Gasteiger partial charge in [0.15, 0.2) is 0 Å². The van der Waals surface area contributed by atoms with Crippen molar-refractivity contribution in [2.24, 2.45) is 0 Å². The lowest BCUT2D eigenvalue weighted by molar-refractivity contribution is -0.115. The maximum absolute atomic E-state index is 12.8. The van der Waals surface area contributed by atoms with Crippen LogP contribution in [0.2, 0.25) is 0 Å². The fourth-order valence-electron chi connectivity index (χ4n) is 2.93. The first-order chi connectivity index (χ1) is 15.9. The number of alkyl halides is 2. The van der Waals surface area contributed by atoms with E-state index in [9.17, 15) is 18.4 Å². The van der Waals surface area contributed by atoms with Crippen molar-refractivity contribution in [1.82, 2.24) is 5.32 Å². The molecule has 0 atom stereocenters. The maximum Gasteiger partial charge on any atom is 0.407 e. The summed E-state index contributed by atoms with van der Waals surface area (Å²) in [6.45, 7) is -3.26. The molecule has 0 saturated carbocycles. The molecule has 7 nitrogen and oxygen atoms in total. The number of halogens is 2. The lowest BCUT2D eigenvalue weighted by atomic mass is 10.0. The van der Waals surface area contributed by atoms with E-state index in [0.29, 0.717) is 22.6 Å². The zero-order valence-electron chi connectivity index (χ0n) is 17.7. The molecule has 0 saturated heterocycles. The van der Waals surface area contributed by atoms with Gasteiger partial charge >= 0.3 is 12.7 Å². The highest BCUT2D eigenvalue weighted by molar-refractivity contribution is 5.94. The minimum atomic E-state index is -3.01. The number of rotatable bonds is 9. The number of ether oxygens (including phenoxy) is 3. The number of methoxy groups -OCH3 is 1. The van der Waals surface area contributed by atoms with E-state index in [1.807, 2.05) is 30.3 Å². The Hall–Kier alpha value is -4.14. The zero-order valence-corrected chi connectivity index (χ0v) is 17.7. The van der Waals surface area contributed by atoms with Crippen molar-refractivity contribution in [3.05, 3.63) is 78.4 Å². The van der Waals surface area contributed by atoms with Gasteiger partial charge in [0.05, 0.1) is 7.11 Å². The number of amides is 2. The van der Waals surface area contributed by atoms with E-state index < -0.39 is 18.6 Å². The van der Waals surface area contributed by atoms with Crippen LogP contribution in [-0.2, 0) is 16.1 Å². The Morgan fingerprint density at radius 3 is 2.36 bits per heavy atom. The second-order valence-corrected chi connectivity index (χ2v) is 6.78. The number of benzene rings is 3. The van der Waals surface area contributed by atoms with Crippen LogP contribution in [0.15, 0.2) is 72.8 Å². The minimum Gasteiger partial charge on any atom is -0.497 e. The normalized spacial score (nSPS) is 10.4. The smallest absolute Gasteiger partial charge is 0.407 e. The van der Waals surface area contributed by atoms with Gasteiger partial charge in [-0.3, -0.25) is 4.79 Å². The van der Waals surface area contributed by atoms with Gasteiger partial charge in [-0.1, -0.05) is 42.5 Å². The minimum absolute atomic E-state index is 0.0456. The second-order valence-electron chi connectivity index (χ2n) is 6.78. The van der Waals surface area contributed by atoms with Crippen LogP contribution in [0.3, 0.4) is 0 Å². The van der Waals surface area contributed by atoms with E-state index in [1.54, 1.807) is 24.3 Å². The van der Waals surface area contributed by atoms with Gasteiger partial charge < -0.3 is 24.8 Å². The molecule has 0 aliphatic carbocycles. The topological polar surface area (TPSA) is 85.9 Å². The quantitative estimate of drug-likeness (QED) is 0.482. The first-order valence-corrected chi connectivity index (χ1v) is 9.92. The lowest BCUT2D eigenvalue weighted by Gasteiger charge is -2.14. The molecule has 0 bridgehead atoms. The maximum atomic E-state index is 12.8. The molecular weight excluding hydrogens is 434 g/mol. The van der Waals surface area contributed by atoms with E-state index in [2.05, 4.69) is 15.4 Å². The summed E-state index contributed by atoms with van der Waals surface area (Å²) >= 11 is 0. The van der Waals surface area contributed by atoms with Crippen LogP contribution in [0.4, 0.5) is 19.3 Å². The summed E-state index contributed by atoms with van der Waals surface area (Å²) in [5.41, 5.74) is 2.09. The average Bonchev–Trinajstić information content (AvgIpc) is 2.83. The Balaban J connectivity index is 1.62. The van der Waals surface area contributed by atoms with Crippen LogP contribution in [0.25, 0.3) is 11.1 Å². The molecule has 0 radical (unpaired) electrons. The van der Waals surface area contributed by atoms with Gasteiger partial charge in [0.25, 0.3) is 0 Å². The Bertz CT molecular complexity index is 1080. The number of anilines is 1. The second kappa shape index (κ2) is 11.5. The van der Waals surface area contributed by atoms with E-state index in [0.717, 1.165) is 5.56 Å². The number of hydrogen-bond donors (Lipinski definition) is 2. The summed E-state index contributed by atoms with van der Waals surface area (Å²) < 4.78 is 40.4. The van der Waals surface area contributed by atoms with Crippen molar-refractivity contribution in [3.63, 3.8) is 0 Å². The summed E-state index contributed by atoms with van der Waals surface area (Å²) in [6, 6.07) is 20.1. The number of carbonyl (C=O) groups excluding carboxylic acids is 2. The fourth-order valence-corrected chi connectivity index (χ4v) is 2.93. The number of nitrogens with one attached hydrogen (secondary N) is 2. The highest BCUT2D eigenvalue weighted by atomic mass is 19.3. The molecule has 33 heavy (non-hydrogen) atoms. The van der Waals surface area contributed by atoms with E-state index in [1.165, 1.54) is 25.3 Å². The lowest BCUT2D eigenvalue weighted by Crippen LogP contribution is -2.33. The zero-order chi connectivity index (χ0) is 23.6. The first kappa shape index (κ1) is 23.5. The summed E-state index contributed by atoms with van der Waals surface area (Å²) in [7, 11) is 1.52. The van der Waals surface area contributed by atoms with Gasteiger partial charge in [-0.2, -0.15) is 8.78 Å². The van der Waals surface area contributed by atoms with Crippen molar-refractivity contribution >= 4 is 17.7 Å². The molecule has 2 amide bonds. The average molecular weight is 456 g/mol. The largest absolute Gasteiger partial charge is 0.497 e. The van der Waals surface area contributed by atoms with Gasteiger partial charge in [-0.05, 0) is 41.5 Å². The van der Waals surface area contributed by atoms with Crippen LogP contribution in [-0.4, -0.2) is 32.3 Å². The first-order valence-electron chi connectivity index (χ1n) is 9.92. The molecule has 3 aromatic carbocycles. The molecule has 2 N–H and O–H groups in total. The molecule has 172 valence electrons. The van der Waals surface area contributed by atoms with Crippen LogP contribution in [0.1, 0.15) is 5.56 Å². The Labute approximate surface area is 189 Å². The number of carbonyl (C=O) groups is 2.